The molecule has 0 fully saturated rings. The van der Waals surface area contributed by atoms with Gasteiger partial charge in [0.25, 0.3) is 0 Å². The van der Waals surface area contributed by atoms with Crippen LogP contribution >= 0.6 is 0 Å². The smallest absolute Gasteiger partial charge is 0.179 e. The third-order valence-electron chi connectivity index (χ3n) is 9.86. The van der Waals surface area contributed by atoms with Gasteiger partial charge in [-0.25, -0.2) is 4.98 Å². The van der Waals surface area contributed by atoms with Gasteiger partial charge in [-0.1, -0.05) is 159 Å². The lowest BCUT2D eigenvalue weighted by atomic mass is 9.99. The number of aromatic nitrogens is 2. The number of aromatic amines is 1. The van der Waals surface area contributed by atoms with Crippen LogP contribution in [-0.2, 0) is 0 Å². The Morgan fingerprint density at radius 2 is 1.08 bits per heavy atom. The Bertz CT molecular complexity index is 2310. The average molecular weight is 663 g/mol. The number of pyridine rings is 1. The Labute approximate surface area is 294 Å². The molecule has 242 valence electrons. The van der Waals surface area contributed by atoms with Gasteiger partial charge in [0.1, 0.15) is 5.75 Å². The topological polar surface area (TPSA) is 48.9 Å². The van der Waals surface area contributed by atoms with Crippen LogP contribution in [0.1, 0.15) is 25.3 Å². The van der Waals surface area contributed by atoms with E-state index < -0.39 is 8.07 Å². The maximum atomic E-state index is 11.0. The summed E-state index contributed by atoms with van der Waals surface area (Å²) in [4.78, 5) is 9.12. The summed E-state index contributed by atoms with van der Waals surface area (Å²) in [5.74, 6) is 0.610. The van der Waals surface area contributed by atoms with Gasteiger partial charge < -0.3 is 10.1 Å². The van der Waals surface area contributed by atoms with E-state index in [2.05, 4.69) is 183 Å². The first kappa shape index (κ1) is 31.3. The minimum Gasteiger partial charge on any atom is -0.507 e. The number of para-hydroxylation sites is 1. The van der Waals surface area contributed by atoms with E-state index in [-0.39, 0.29) is 5.75 Å². The lowest BCUT2D eigenvalue weighted by Gasteiger charge is -2.35. The molecule has 0 saturated heterocycles. The maximum absolute atomic E-state index is 11.0. The van der Waals surface area contributed by atoms with Crippen molar-refractivity contribution in [3.8, 4) is 39.5 Å². The van der Waals surface area contributed by atoms with Crippen molar-refractivity contribution in [3.63, 3.8) is 0 Å². The molecule has 0 spiro atoms. The monoisotopic (exact) mass is 662 g/mol. The maximum Gasteiger partial charge on any atom is 0.179 e. The first-order valence-electron chi connectivity index (χ1n) is 17.2. The number of H-pyrrole nitrogens is 1. The largest absolute Gasteiger partial charge is 0.507 e. The van der Waals surface area contributed by atoms with Gasteiger partial charge in [-0.05, 0) is 62.6 Å². The van der Waals surface area contributed by atoms with Crippen molar-refractivity contribution in [1.29, 1.82) is 0 Å². The highest BCUT2D eigenvalue weighted by Crippen LogP contribution is 2.36. The zero-order valence-electron chi connectivity index (χ0n) is 28.2. The fourth-order valence-electron chi connectivity index (χ4n) is 7.35. The van der Waals surface area contributed by atoms with Gasteiger partial charge in [-0.3, -0.25) is 0 Å². The van der Waals surface area contributed by atoms with Crippen molar-refractivity contribution < 1.29 is 5.11 Å². The van der Waals surface area contributed by atoms with E-state index in [0.717, 1.165) is 44.7 Å². The second-order valence-electron chi connectivity index (χ2n) is 13.2. The highest BCUT2D eigenvalue weighted by atomic mass is 28.3. The van der Waals surface area contributed by atoms with Crippen LogP contribution in [0.2, 0.25) is 0 Å². The molecule has 0 amide bonds. The first-order chi connectivity index (χ1) is 24.5. The van der Waals surface area contributed by atoms with Gasteiger partial charge in [0.2, 0.25) is 0 Å². The highest BCUT2D eigenvalue weighted by Gasteiger charge is 2.42. The number of phenols is 1. The van der Waals surface area contributed by atoms with E-state index in [0.29, 0.717) is 5.92 Å². The lowest BCUT2D eigenvalue weighted by molar-refractivity contribution is 0.477. The van der Waals surface area contributed by atoms with E-state index in [1.807, 2.05) is 6.07 Å². The lowest BCUT2D eigenvalue weighted by Crippen LogP contribution is -2.74. The molecule has 2 N–H and O–H groups in total. The molecule has 8 aromatic rings. The van der Waals surface area contributed by atoms with Crippen LogP contribution < -0.4 is 20.7 Å². The third-order valence-corrected chi connectivity index (χ3v) is 14.6. The van der Waals surface area contributed by atoms with Crippen molar-refractivity contribution in [1.82, 2.24) is 9.97 Å². The predicted molar refractivity (Wildman–Crippen MR) is 212 cm³/mol. The standard InChI is InChI=1S/C46H38N2OSi/c1-32(2)34-26-27-45(49)41(28-34)43-29-35-18-15-25-40(46(35)48-43)44-31-39(30-42(47-44)33-16-7-3-8-17-33)50(36-19-9-4-10-20-36,37-21-11-5-12-22-37)38-23-13-6-14-24-38/h3-32,48-49H,1-2H3. The molecule has 0 aliphatic heterocycles. The quantitative estimate of drug-likeness (QED) is 0.126. The normalized spacial score (nSPS) is 11.7. The Morgan fingerprint density at radius 1 is 0.520 bits per heavy atom. The van der Waals surface area contributed by atoms with Crippen molar-refractivity contribution in [2.45, 2.75) is 19.8 Å². The molecule has 0 atom stereocenters. The van der Waals surface area contributed by atoms with Gasteiger partial charge in [-0.2, -0.15) is 0 Å². The summed E-state index contributed by atoms with van der Waals surface area (Å²) in [6, 6.07) is 62.6. The Balaban J connectivity index is 1.43. The van der Waals surface area contributed by atoms with Gasteiger partial charge in [0.15, 0.2) is 8.07 Å². The van der Waals surface area contributed by atoms with Crippen LogP contribution in [0.5, 0.6) is 5.75 Å². The summed E-state index contributed by atoms with van der Waals surface area (Å²) in [6.07, 6.45) is 0. The summed E-state index contributed by atoms with van der Waals surface area (Å²) in [5, 5.41) is 17.2. The van der Waals surface area contributed by atoms with Crippen LogP contribution in [0.15, 0.2) is 176 Å². The molecule has 0 aliphatic rings. The molecule has 2 heterocycles. The highest BCUT2D eigenvalue weighted by molar-refractivity contribution is 7.20. The van der Waals surface area contributed by atoms with E-state index in [1.54, 1.807) is 6.07 Å². The number of nitrogens with one attached hydrogen (secondary N) is 1. The van der Waals surface area contributed by atoms with E-state index in [9.17, 15) is 5.11 Å². The number of benzene rings is 6. The SMILES string of the molecule is CC(C)c1ccc(O)c(-c2cc3cccc(-c4cc([Si](c5ccccc5)(c5ccccc5)c5ccccc5)cc(-c5ccccc5)n4)c3[nH]2)c1. The van der Waals surface area contributed by atoms with Gasteiger partial charge in [0.05, 0.1) is 22.6 Å². The fourth-order valence-corrected chi connectivity index (χ4v) is 12.1. The van der Waals surface area contributed by atoms with E-state index >= 15 is 0 Å². The number of phenolic OH excluding ortho intramolecular Hbond substituents is 1. The van der Waals surface area contributed by atoms with Crippen molar-refractivity contribution >= 4 is 39.7 Å². The van der Waals surface area contributed by atoms with Crippen molar-refractivity contribution in [3.05, 3.63) is 181 Å². The molecule has 50 heavy (non-hydrogen) atoms. The molecule has 4 heteroatoms. The molecule has 2 aromatic heterocycles. The molecule has 0 saturated carbocycles. The molecular formula is C46H38N2OSi. The number of hydrogen-bond acceptors (Lipinski definition) is 2. The fraction of sp³-hybridized carbons (Fsp3) is 0.0652. The van der Waals surface area contributed by atoms with E-state index in [4.69, 9.17) is 4.98 Å². The number of nitrogens with zero attached hydrogens (tertiary/aromatic N) is 1. The first-order valence-corrected chi connectivity index (χ1v) is 19.2. The number of hydrogen-bond donors (Lipinski definition) is 2. The second kappa shape index (κ2) is 13.1. The minimum atomic E-state index is -2.85. The zero-order valence-corrected chi connectivity index (χ0v) is 29.2. The van der Waals surface area contributed by atoms with Crippen LogP contribution in [-0.4, -0.2) is 23.1 Å². The predicted octanol–water partition coefficient (Wildman–Crippen LogP) is 8.77. The molecule has 0 aliphatic carbocycles. The summed E-state index contributed by atoms with van der Waals surface area (Å²) in [6.45, 7) is 4.35. The molecule has 0 bridgehead atoms. The molecule has 6 aromatic carbocycles. The molecule has 8 rings (SSSR count). The summed E-state index contributed by atoms with van der Waals surface area (Å²) >= 11 is 0. The molecular weight excluding hydrogens is 625 g/mol. The third kappa shape index (κ3) is 5.54. The summed E-state index contributed by atoms with van der Waals surface area (Å²) in [5.41, 5.74) is 7.78. The zero-order chi connectivity index (χ0) is 34.1. The molecule has 0 unspecified atom stereocenters. The Kier molecular flexibility index (Phi) is 8.23. The van der Waals surface area contributed by atoms with Crippen LogP contribution in [0, 0.1) is 0 Å². The Morgan fingerprint density at radius 3 is 1.66 bits per heavy atom. The van der Waals surface area contributed by atoms with E-state index in [1.165, 1.54) is 26.3 Å². The van der Waals surface area contributed by atoms with Gasteiger partial charge >= 0.3 is 0 Å². The van der Waals surface area contributed by atoms with Gasteiger partial charge in [0, 0.05) is 22.1 Å². The Hall–Kier alpha value is -5.97. The summed E-state index contributed by atoms with van der Waals surface area (Å²) in [7, 11) is -2.85. The number of rotatable bonds is 8. The summed E-state index contributed by atoms with van der Waals surface area (Å²) < 4.78 is 0. The average Bonchev–Trinajstić information content (AvgIpc) is 3.61. The number of aromatic hydroxyl groups is 1. The minimum absolute atomic E-state index is 0.262. The molecule has 3 nitrogen and oxygen atoms in total. The number of fused-ring (bicyclic) bond motifs is 1. The molecule has 0 radical (unpaired) electrons. The van der Waals surface area contributed by atoms with Crippen molar-refractivity contribution in [2.75, 3.05) is 0 Å². The van der Waals surface area contributed by atoms with Crippen LogP contribution in [0.25, 0.3) is 44.7 Å². The van der Waals surface area contributed by atoms with Crippen LogP contribution in [0.3, 0.4) is 0 Å². The second-order valence-corrected chi connectivity index (χ2v) is 17.0. The van der Waals surface area contributed by atoms with Crippen LogP contribution in [0.4, 0.5) is 0 Å². The van der Waals surface area contributed by atoms with Gasteiger partial charge in [-0.15, -0.1) is 0 Å². The van der Waals surface area contributed by atoms with Crippen molar-refractivity contribution in [2.24, 2.45) is 0 Å².